The number of piperidine rings is 2. The molecule has 8 rings (SSSR count). The highest BCUT2D eigenvalue weighted by Gasteiger charge is 2.52. The smallest absolute Gasteiger partial charge is 0.305 e. The van der Waals surface area contributed by atoms with Gasteiger partial charge in [0.2, 0.25) is 0 Å². The van der Waals surface area contributed by atoms with Gasteiger partial charge in [-0.05, 0) is 155 Å². The number of hydrogen-bond donors (Lipinski definition) is 2. The van der Waals surface area contributed by atoms with Gasteiger partial charge in [0.1, 0.15) is 5.75 Å². The molecule has 0 aromatic heterocycles. The number of phenolic OH excluding ortho intramolecular Hbond substituents is 1. The van der Waals surface area contributed by atoms with E-state index in [1.165, 1.54) is 93.1 Å². The van der Waals surface area contributed by atoms with Gasteiger partial charge >= 0.3 is 11.9 Å². The van der Waals surface area contributed by atoms with E-state index < -0.39 is 5.97 Å². The van der Waals surface area contributed by atoms with Gasteiger partial charge in [-0.25, -0.2) is 0 Å². The first-order chi connectivity index (χ1) is 24.5. The van der Waals surface area contributed by atoms with Crippen molar-refractivity contribution in [1.82, 2.24) is 9.80 Å². The van der Waals surface area contributed by atoms with Crippen molar-refractivity contribution >= 4 is 11.9 Å². The number of fused-ring (bicyclic) bond motifs is 8. The summed E-state index contributed by atoms with van der Waals surface area (Å²) in [6.07, 6.45) is 14.6. The molecular formula is C44H62N2O5. The lowest BCUT2D eigenvalue weighted by molar-refractivity contribution is -0.141. The number of carbonyl (C=O) groups is 2. The van der Waals surface area contributed by atoms with Crippen molar-refractivity contribution in [2.75, 3.05) is 33.3 Å². The lowest BCUT2D eigenvalue weighted by Gasteiger charge is -2.56. The average Bonchev–Trinajstić information content (AvgIpc) is 4.04. The summed E-state index contributed by atoms with van der Waals surface area (Å²) in [7, 11) is 1.46. The van der Waals surface area contributed by atoms with E-state index in [0.717, 1.165) is 56.9 Å². The Hall–Kier alpha value is -2.90. The molecule has 2 heterocycles. The van der Waals surface area contributed by atoms with Crippen LogP contribution in [0.25, 0.3) is 0 Å². The Morgan fingerprint density at radius 2 is 1.29 bits per heavy atom. The Morgan fingerprint density at radius 1 is 0.784 bits per heavy atom. The number of hydrogen-bond acceptors (Lipinski definition) is 6. The van der Waals surface area contributed by atoms with E-state index in [1.54, 1.807) is 0 Å². The number of benzene rings is 2. The van der Waals surface area contributed by atoms with E-state index >= 15 is 0 Å². The number of carboxylic acid groups (broad SMARTS) is 1. The van der Waals surface area contributed by atoms with Crippen LogP contribution in [0.1, 0.15) is 119 Å². The van der Waals surface area contributed by atoms with Gasteiger partial charge in [-0.15, -0.1) is 0 Å². The van der Waals surface area contributed by atoms with E-state index in [1.807, 2.05) is 12.1 Å². The van der Waals surface area contributed by atoms with E-state index in [2.05, 4.69) is 54.8 Å². The van der Waals surface area contributed by atoms with E-state index in [-0.39, 0.29) is 16.8 Å². The lowest BCUT2D eigenvalue weighted by atomic mass is 9.56. The Bertz CT molecular complexity index is 1580. The number of nitrogens with zero attached hydrogens (tertiary/aromatic N) is 2. The predicted molar refractivity (Wildman–Crippen MR) is 201 cm³/mol. The topological polar surface area (TPSA) is 90.3 Å². The molecule has 6 aliphatic rings. The molecule has 4 fully saturated rings. The molecule has 0 spiro atoms. The highest BCUT2D eigenvalue weighted by atomic mass is 16.5. The van der Waals surface area contributed by atoms with Gasteiger partial charge in [0.15, 0.2) is 0 Å². The molecule has 4 aliphatic carbocycles. The van der Waals surface area contributed by atoms with Crippen LogP contribution >= 0.6 is 0 Å². The maximum absolute atomic E-state index is 11.6. The molecule has 7 heteroatoms. The van der Waals surface area contributed by atoms with E-state index in [4.69, 9.17) is 9.84 Å². The van der Waals surface area contributed by atoms with Crippen molar-refractivity contribution in [3.63, 3.8) is 0 Å². The van der Waals surface area contributed by atoms with E-state index in [9.17, 15) is 14.7 Å². The molecule has 0 amide bonds. The zero-order chi connectivity index (χ0) is 35.9. The molecule has 278 valence electrons. The maximum Gasteiger partial charge on any atom is 0.305 e. The van der Waals surface area contributed by atoms with Crippen LogP contribution in [0.15, 0.2) is 36.4 Å². The summed E-state index contributed by atoms with van der Waals surface area (Å²) >= 11 is 0. The van der Waals surface area contributed by atoms with Gasteiger partial charge in [-0.2, -0.15) is 0 Å². The standard InChI is InChI=1S/C22H31NO3.C22H31NO2/c1-15-20-12-17-7-8-18(24)13-19(17)22(15,9-3-4-21(25)26-2)10-11-23(20)14-16-5-6-16;1-15-5-8-18-13-20-16(2)22(19(18)12-15,9-3-4-21(24)25)10-11-23(20)14-17-6-7-17/h7-8,13,15-16,20,24H,3-6,9-12,14H2,1-2H3;5,8,12,16-17,20H,3-4,6-7,9-11,13-14H2,1-2H3,(H,24,25)/t15-,20+,22+;16-,20+,22+/m00/s1. The normalized spacial score (nSPS) is 31.1. The van der Waals surface area contributed by atoms with Crippen LogP contribution in [-0.2, 0) is 38.0 Å². The number of phenols is 1. The SMILES string of the molecule is COC(=O)CCC[C@]12CCN(CC3CC3)[C@H](Cc3ccc(O)cc31)[C@@H]2C.Cc1ccc2c(c1)[C@]1(CCCC(=O)O)CCN(CC3CC3)[C@H](C2)[C@@H]1C. The van der Waals surface area contributed by atoms with Gasteiger partial charge in [0, 0.05) is 48.8 Å². The molecule has 2 aromatic rings. The second-order valence-corrected chi connectivity index (χ2v) is 17.5. The molecule has 6 atom stereocenters. The first-order valence-corrected chi connectivity index (χ1v) is 20.2. The molecule has 51 heavy (non-hydrogen) atoms. The van der Waals surface area contributed by atoms with Gasteiger partial charge < -0.3 is 14.9 Å². The fourth-order valence-corrected chi connectivity index (χ4v) is 11.1. The quantitative estimate of drug-likeness (QED) is 0.219. The molecule has 2 N–H and O–H groups in total. The average molecular weight is 699 g/mol. The first kappa shape index (κ1) is 36.5. The number of likely N-dealkylation sites (tertiary alicyclic amines) is 2. The predicted octanol–water partition coefficient (Wildman–Crippen LogP) is 7.81. The molecule has 2 saturated carbocycles. The maximum atomic E-state index is 11.6. The minimum atomic E-state index is -0.660. The molecule has 2 aromatic carbocycles. The number of rotatable bonds is 12. The summed E-state index contributed by atoms with van der Waals surface area (Å²) in [5.74, 6) is 2.59. The van der Waals surface area contributed by atoms with Crippen LogP contribution < -0.4 is 0 Å². The number of ether oxygens (including phenoxy) is 1. The van der Waals surface area contributed by atoms with Crippen molar-refractivity contribution in [2.45, 2.75) is 134 Å². The number of methoxy groups -OCH3 is 1. The minimum absolute atomic E-state index is 0.0745. The molecule has 7 nitrogen and oxygen atoms in total. The Morgan fingerprint density at radius 3 is 1.80 bits per heavy atom. The molecule has 0 radical (unpaired) electrons. The third-order valence-electron chi connectivity index (χ3n) is 14.4. The van der Waals surface area contributed by atoms with Gasteiger partial charge in [0.25, 0.3) is 0 Å². The number of carboxylic acids is 1. The van der Waals surface area contributed by atoms with Gasteiger partial charge in [0.05, 0.1) is 7.11 Å². The third-order valence-corrected chi connectivity index (χ3v) is 14.4. The van der Waals surface area contributed by atoms with Crippen LogP contribution in [-0.4, -0.2) is 77.3 Å². The van der Waals surface area contributed by atoms with Crippen molar-refractivity contribution in [2.24, 2.45) is 23.7 Å². The minimum Gasteiger partial charge on any atom is -0.508 e. The van der Waals surface area contributed by atoms with Crippen LogP contribution in [0.2, 0.25) is 0 Å². The Labute approximate surface area is 306 Å². The zero-order valence-electron chi connectivity index (χ0n) is 31.7. The molecule has 4 bridgehead atoms. The largest absolute Gasteiger partial charge is 0.508 e. The fourth-order valence-electron chi connectivity index (χ4n) is 11.1. The molecule has 0 unspecified atom stereocenters. The highest BCUT2D eigenvalue weighted by molar-refractivity contribution is 5.69. The summed E-state index contributed by atoms with van der Waals surface area (Å²) in [5, 5.41) is 19.2. The summed E-state index contributed by atoms with van der Waals surface area (Å²) in [6.45, 7) is 11.9. The molecule has 2 aliphatic heterocycles. The van der Waals surface area contributed by atoms with E-state index in [0.29, 0.717) is 42.5 Å². The molecular weight excluding hydrogens is 636 g/mol. The van der Waals surface area contributed by atoms with Crippen molar-refractivity contribution in [3.8, 4) is 5.75 Å². The summed E-state index contributed by atoms with van der Waals surface area (Å²) in [4.78, 5) is 28.2. The summed E-state index contributed by atoms with van der Waals surface area (Å²) < 4.78 is 4.84. The van der Waals surface area contributed by atoms with Crippen LogP contribution in [0.4, 0.5) is 0 Å². The van der Waals surface area contributed by atoms with Crippen molar-refractivity contribution < 1.29 is 24.5 Å². The summed E-state index contributed by atoms with van der Waals surface area (Å²) in [6, 6.07) is 14.2. The second-order valence-electron chi connectivity index (χ2n) is 17.5. The zero-order valence-corrected chi connectivity index (χ0v) is 31.7. The van der Waals surface area contributed by atoms with Crippen molar-refractivity contribution in [3.05, 3.63) is 64.2 Å². The van der Waals surface area contributed by atoms with Crippen LogP contribution in [0.3, 0.4) is 0 Å². The monoisotopic (exact) mass is 698 g/mol. The third kappa shape index (κ3) is 7.49. The number of aryl methyl sites for hydroxylation is 1. The first-order valence-electron chi connectivity index (χ1n) is 20.2. The lowest BCUT2D eigenvalue weighted by Crippen LogP contribution is -2.59. The second kappa shape index (κ2) is 14.9. The number of esters is 1. The van der Waals surface area contributed by atoms with Crippen LogP contribution in [0, 0.1) is 30.6 Å². The van der Waals surface area contributed by atoms with Gasteiger partial charge in [-0.3, -0.25) is 19.4 Å². The summed E-state index contributed by atoms with van der Waals surface area (Å²) in [5.41, 5.74) is 7.37. The Kier molecular flexibility index (Phi) is 10.6. The van der Waals surface area contributed by atoms with Crippen LogP contribution in [0.5, 0.6) is 5.75 Å². The Balaban J connectivity index is 0.000000159. The fraction of sp³-hybridized carbons (Fsp3) is 0.682. The number of aromatic hydroxyl groups is 1. The number of carbonyl (C=O) groups excluding carboxylic acids is 1. The highest BCUT2D eigenvalue weighted by Crippen LogP contribution is 2.54. The molecule has 2 saturated heterocycles. The van der Waals surface area contributed by atoms with Crippen molar-refractivity contribution in [1.29, 1.82) is 0 Å². The van der Waals surface area contributed by atoms with Gasteiger partial charge in [-0.1, -0.05) is 43.7 Å². The number of aliphatic carboxylic acids is 1.